The molecule has 0 radical (unpaired) electrons. The summed E-state index contributed by atoms with van der Waals surface area (Å²) in [5.41, 5.74) is 2.18. The van der Waals surface area contributed by atoms with Gasteiger partial charge in [-0.15, -0.1) is 0 Å². The summed E-state index contributed by atoms with van der Waals surface area (Å²) in [5, 5.41) is 5.75. The van der Waals surface area contributed by atoms with Gasteiger partial charge in [0, 0.05) is 29.3 Å². The number of rotatable bonds is 4. The summed E-state index contributed by atoms with van der Waals surface area (Å²) < 4.78 is 6.56. The van der Waals surface area contributed by atoms with Crippen molar-refractivity contribution in [3.05, 3.63) is 52.5 Å². The Morgan fingerprint density at radius 2 is 2.03 bits per heavy atom. The maximum Gasteiger partial charge on any atom is 0.244 e. The molecule has 2 aliphatic rings. The second kappa shape index (κ2) is 8.24. The normalized spacial score (nSPS) is 17.5. The zero-order chi connectivity index (χ0) is 20.4. The fourth-order valence-electron chi connectivity index (χ4n) is 3.59. The number of para-hydroxylation sites is 2. The predicted octanol–water partition coefficient (Wildman–Crippen LogP) is 3.15. The van der Waals surface area contributed by atoms with Crippen molar-refractivity contribution < 1.29 is 19.1 Å². The van der Waals surface area contributed by atoms with Crippen molar-refractivity contribution in [1.29, 1.82) is 0 Å². The summed E-state index contributed by atoms with van der Waals surface area (Å²) in [7, 11) is 0. The lowest BCUT2D eigenvalue weighted by atomic mass is 10.0. The van der Waals surface area contributed by atoms with Crippen LogP contribution in [-0.4, -0.2) is 30.9 Å². The van der Waals surface area contributed by atoms with E-state index in [1.807, 2.05) is 24.3 Å². The summed E-state index contributed by atoms with van der Waals surface area (Å²) in [4.78, 5) is 38.5. The number of carbonyl (C=O) groups is 3. The fourth-order valence-corrected chi connectivity index (χ4v) is 3.97. The number of nitrogens with zero attached hydrogens (tertiary/aromatic N) is 1. The lowest BCUT2D eigenvalue weighted by Gasteiger charge is -2.29. The SMILES string of the molecule is O=C1CN(C(=O)CCC(=O)NC2CCOc3ccc(Br)cc32)c2ccccc2N1. The highest BCUT2D eigenvalue weighted by molar-refractivity contribution is 9.10. The Balaban J connectivity index is 1.38. The molecule has 3 amide bonds. The zero-order valence-corrected chi connectivity index (χ0v) is 17.2. The van der Waals surface area contributed by atoms with Crippen molar-refractivity contribution >= 4 is 45.0 Å². The summed E-state index contributed by atoms with van der Waals surface area (Å²) in [6.07, 6.45) is 0.755. The molecule has 150 valence electrons. The van der Waals surface area contributed by atoms with E-state index in [0.717, 1.165) is 15.8 Å². The van der Waals surface area contributed by atoms with Crippen LogP contribution in [-0.2, 0) is 14.4 Å². The van der Waals surface area contributed by atoms with Gasteiger partial charge in [-0.25, -0.2) is 0 Å². The molecule has 2 aromatic carbocycles. The molecule has 0 bridgehead atoms. The van der Waals surface area contributed by atoms with Gasteiger partial charge in [0.05, 0.1) is 24.0 Å². The number of hydrogen-bond acceptors (Lipinski definition) is 4. The van der Waals surface area contributed by atoms with E-state index in [9.17, 15) is 14.4 Å². The zero-order valence-electron chi connectivity index (χ0n) is 15.6. The van der Waals surface area contributed by atoms with Crippen LogP contribution in [0.2, 0.25) is 0 Å². The second-order valence-electron chi connectivity index (χ2n) is 6.98. The van der Waals surface area contributed by atoms with E-state index >= 15 is 0 Å². The van der Waals surface area contributed by atoms with Gasteiger partial charge >= 0.3 is 0 Å². The van der Waals surface area contributed by atoms with Crippen molar-refractivity contribution in [2.75, 3.05) is 23.4 Å². The van der Waals surface area contributed by atoms with Crippen LogP contribution in [0.4, 0.5) is 11.4 Å². The van der Waals surface area contributed by atoms with Gasteiger partial charge in [-0.05, 0) is 30.3 Å². The highest BCUT2D eigenvalue weighted by atomic mass is 79.9. The molecular formula is C21H20BrN3O4. The van der Waals surface area contributed by atoms with E-state index in [0.29, 0.717) is 24.4 Å². The molecule has 0 fully saturated rings. The maximum atomic E-state index is 12.7. The number of benzene rings is 2. The van der Waals surface area contributed by atoms with Crippen LogP contribution < -0.4 is 20.3 Å². The van der Waals surface area contributed by atoms with E-state index < -0.39 is 0 Å². The monoisotopic (exact) mass is 457 g/mol. The van der Waals surface area contributed by atoms with Crippen LogP contribution in [0.25, 0.3) is 0 Å². The molecular weight excluding hydrogens is 438 g/mol. The Labute approximate surface area is 176 Å². The molecule has 29 heavy (non-hydrogen) atoms. The predicted molar refractivity (Wildman–Crippen MR) is 112 cm³/mol. The van der Waals surface area contributed by atoms with Crippen molar-refractivity contribution in [1.82, 2.24) is 5.32 Å². The molecule has 7 nitrogen and oxygen atoms in total. The van der Waals surface area contributed by atoms with Crippen LogP contribution in [0.1, 0.15) is 30.9 Å². The number of hydrogen-bond donors (Lipinski definition) is 2. The average Bonchev–Trinajstić information content (AvgIpc) is 2.71. The van der Waals surface area contributed by atoms with E-state index in [2.05, 4.69) is 26.6 Å². The molecule has 0 spiro atoms. The lowest BCUT2D eigenvalue weighted by Crippen LogP contribution is -2.42. The Morgan fingerprint density at radius 3 is 2.90 bits per heavy atom. The van der Waals surface area contributed by atoms with E-state index in [4.69, 9.17) is 4.74 Å². The lowest BCUT2D eigenvalue weighted by molar-refractivity contribution is -0.126. The van der Waals surface area contributed by atoms with Gasteiger partial charge in [0.25, 0.3) is 0 Å². The minimum atomic E-state index is -0.252. The minimum Gasteiger partial charge on any atom is -0.493 e. The molecule has 2 heterocycles. The Bertz CT molecular complexity index is 978. The van der Waals surface area contributed by atoms with E-state index in [-0.39, 0.29) is 43.1 Å². The van der Waals surface area contributed by atoms with Crippen LogP contribution in [0.3, 0.4) is 0 Å². The number of ether oxygens (including phenoxy) is 1. The van der Waals surface area contributed by atoms with Crippen LogP contribution in [0.15, 0.2) is 46.9 Å². The highest BCUT2D eigenvalue weighted by Gasteiger charge is 2.27. The first-order chi connectivity index (χ1) is 14.0. The smallest absolute Gasteiger partial charge is 0.244 e. The number of carbonyl (C=O) groups excluding carboxylic acids is 3. The molecule has 8 heteroatoms. The molecule has 2 N–H and O–H groups in total. The summed E-state index contributed by atoms with van der Waals surface area (Å²) in [5.74, 6) is 0.0612. The van der Waals surface area contributed by atoms with Crippen molar-refractivity contribution in [2.24, 2.45) is 0 Å². The number of fused-ring (bicyclic) bond motifs is 2. The average molecular weight is 458 g/mol. The van der Waals surface area contributed by atoms with E-state index in [1.54, 1.807) is 18.2 Å². The summed E-state index contributed by atoms with van der Waals surface area (Å²) in [6.45, 7) is 0.483. The molecule has 0 aliphatic carbocycles. The fraction of sp³-hybridized carbons (Fsp3) is 0.286. The second-order valence-corrected chi connectivity index (χ2v) is 7.90. The third-order valence-electron chi connectivity index (χ3n) is 4.98. The van der Waals surface area contributed by atoms with Crippen LogP contribution in [0.5, 0.6) is 5.75 Å². The number of anilines is 2. The standard InChI is InChI=1S/C21H20BrN3O4/c22-13-5-6-18-14(11-13)15(9-10-29-18)23-19(26)7-8-21(28)25-12-20(27)24-16-3-1-2-4-17(16)25/h1-6,11,15H,7-10,12H2,(H,23,26)(H,24,27). The number of amides is 3. The molecule has 4 rings (SSSR count). The topological polar surface area (TPSA) is 87.7 Å². The van der Waals surface area contributed by atoms with Gasteiger partial charge in [0.1, 0.15) is 12.3 Å². The number of halogens is 1. The third kappa shape index (κ3) is 4.27. The first-order valence-electron chi connectivity index (χ1n) is 9.42. The van der Waals surface area contributed by atoms with Gasteiger partial charge in [0.2, 0.25) is 17.7 Å². The highest BCUT2D eigenvalue weighted by Crippen LogP contribution is 2.34. The Morgan fingerprint density at radius 1 is 1.21 bits per heavy atom. The molecule has 0 saturated heterocycles. The Kier molecular flexibility index (Phi) is 5.53. The van der Waals surface area contributed by atoms with Crippen molar-refractivity contribution in [3.8, 4) is 5.75 Å². The molecule has 0 saturated carbocycles. The van der Waals surface area contributed by atoms with Gasteiger partial charge in [-0.1, -0.05) is 28.1 Å². The van der Waals surface area contributed by atoms with Gasteiger partial charge in [0.15, 0.2) is 0 Å². The van der Waals surface area contributed by atoms with Gasteiger partial charge in [-0.2, -0.15) is 0 Å². The first-order valence-corrected chi connectivity index (χ1v) is 10.2. The molecule has 0 aromatic heterocycles. The minimum absolute atomic E-state index is 0.0298. The largest absolute Gasteiger partial charge is 0.493 e. The summed E-state index contributed by atoms with van der Waals surface area (Å²) in [6, 6.07) is 12.7. The quantitative estimate of drug-likeness (QED) is 0.737. The van der Waals surface area contributed by atoms with Crippen molar-refractivity contribution in [2.45, 2.75) is 25.3 Å². The number of nitrogens with one attached hydrogen (secondary N) is 2. The van der Waals surface area contributed by atoms with Crippen LogP contribution >= 0.6 is 15.9 Å². The third-order valence-corrected chi connectivity index (χ3v) is 5.48. The van der Waals surface area contributed by atoms with Gasteiger partial charge in [-0.3, -0.25) is 14.4 Å². The van der Waals surface area contributed by atoms with Gasteiger partial charge < -0.3 is 20.3 Å². The van der Waals surface area contributed by atoms with E-state index in [1.165, 1.54) is 4.90 Å². The van der Waals surface area contributed by atoms with Crippen LogP contribution in [0, 0.1) is 0 Å². The first kappa shape index (κ1) is 19.4. The Hall–Kier alpha value is -2.87. The summed E-state index contributed by atoms with van der Waals surface area (Å²) >= 11 is 3.45. The molecule has 1 atom stereocenters. The molecule has 1 unspecified atom stereocenters. The van der Waals surface area contributed by atoms with Crippen molar-refractivity contribution in [3.63, 3.8) is 0 Å². The molecule has 2 aliphatic heterocycles. The maximum absolute atomic E-state index is 12.7. The molecule has 2 aromatic rings.